The van der Waals surface area contributed by atoms with E-state index in [1.165, 1.54) is 0 Å². The molecule has 0 bridgehead atoms. The van der Waals surface area contributed by atoms with Crippen LogP contribution in [0.5, 0.6) is 11.5 Å². The Morgan fingerprint density at radius 2 is 1.10 bits per heavy atom. The number of hydrogen-bond donors (Lipinski definition) is 2. The number of alkyl carbamates (subject to hydrolysis) is 1. The molecule has 378 valence electrons. The number of hydrogen-bond acceptors (Lipinski definition) is 11. The Morgan fingerprint density at radius 3 is 1.63 bits per heavy atom. The molecule has 14 heteroatoms. The minimum absolute atomic E-state index is 0.0200. The standard InChI is InChI=1S/C57H70N2O11Si/c1-37(2)71(38(3)4,39(5)6)69-36-51-53(65-32-41-22-26-43(63-7)27-23-41)54(66-33-42-24-28-44(64-8)29-25-42)55(70-51)59-52(60)31-30-50(56(61)67-34-40-16-10-9-11-17-40)58-57(62)68-35-49-47-20-14-12-18-45(47)46-19-13-15-21-48(46)49/h9-29,37-39,49-51,53-55H,30-36H2,1-8H3,(H,58,62)(H,59,60)/t50-,51+,53+,54+,55-/m0/s1. The quantitative estimate of drug-likeness (QED) is 0.0449. The Morgan fingerprint density at radius 1 is 0.592 bits per heavy atom. The van der Waals surface area contributed by atoms with Crippen molar-refractivity contribution in [3.8, 4) is 22.6 Å². The molecule has 71 heavy (non-hydrogen) atoms. The van der Waals surface area contributed by atoms with Crippen LogP contribution in [-0.4, -0.2) is 84.3 Å². The molecule has 1 aliphatic heterocycles. The Bertz CT molecular complexity index is 2430. The molecule has 0 saturated carbocycles. The van der Waals surface area contributed by atoms with Gasteiger partial charge in [0.2, 0.25) is 5.91 Å². The summed E-state index contributed by atoms with van der Waals surface area (Å²) in [6.45, 7) is 14.1. The van der Waals surface area contributed by atoms with Gasteiger partial charge in [0, 0.05) is 12.3 Å². The number of rotatable bonds is 24. The van der Waals surface area contributed by atoms with E-state index in [1.54, 1.807) is 14.2 Å². The maximum atomic E-state index is 14.2. The van der Waals surface area contributed by atoms with Crippen LogP contribution >= 0.6 is 0 Å². The highest BCUT2D eigenvalue weighted by molar-refractivity contribution is 6.77. The SMILES string of the molecule is COc1ccc(CO[C@@H]2[C@H](OCc3ccc(OC)cc3)[C@@H](CO[Si](C(C)C)(C(C)C)C(C)C)O[C@@H]2NC(=O)CC[C@H](NC(=O)OCC2c3ccccc3-c3ccccc32)C(=O)OCc2ccccc2)cc1. The highest BCUT2D eigenvalue weighted by Crippen LogP contribution is 2.45. The predicted octanol–water partition coefficient (Wildman–Crippen LogP) is 10.6. The number of nitrogens with one attached hydrogen (secondary N) is 2. The van der Waals surface area contributed by atoms with E-state index in [9.17, 15) is 14.4 Å². The van der Waals surface area contributed by atoms with Gasteiger partial charge in [0.1, 0.15) is 49.1 Å². The van der Waals surface area contributed by atoms with Gasteiger partial charge in [-0.3, -0.25) is 4.79 Å². The second kappa shape index (κ2) is 24.9. The van der Waals surface area contributed by atoms with Gasteiger partial charge in [-0.05, 0) is 86.3 Å². The van der Waals surface area contributed by atoms with Crippen molar-refractivity contribution in [2.24, 2.45) is 0 Å². The molecule has 7 rings (SSSR count). The van der Waals surface area contributed by atoms with Crippen molar-refractivity contribution in [1.29, 1.82) is 0 Å². The summed E-state index contributed by atoms with van der Waals surface area (Å²) < 4.78 is 49.7. The van der Waals surface area contributed by atoms with Crippen LogP contribution in [0.4, 0.5) is 4.79 Å². The van der Waals surface area contributed by atoms with Gasteiger partial charge >= 0.3 is 12.1 Å². The van der Waals surface area contributed by atoms with Gasteiger partial charge in [0.05, 0.1) is 34.0 Å². The monoisotopic (exact) mass is 986 g/mol. The lowest BCUT2D eigenvalue weighted by Gasteiger charge is -2.43. The summed E-state index contributed by atoms with van der Waals surface area (Å²) in [5.74, 6) is 0.112. The molecule has 1 aliphatic carbocycles. The van der Waals surface area contributed by atoms with Gasteiger partial charge < -0.3 is 48.2 Å². The number of amides is 2. The van der Waals surface area contributed by atoms with Crippen LogP contribution in [-0.2, 0) is 57.5 Å². The average molecular weight is 987 g/mol. The molecule has 0 aromatic heterocycles. The van der Waals surface area contributed by atoms with Gasteiger partial charge in [-0.1, -0.05) is 145 Å². The zero-order chi connectivity index (χ0) is 50.5. The average Bonchev–Trinajstić information content (AvgIpc) is 3.88. The Kier molecular flexibility index (Phi) is 18.5. The number of methoxy groups -OCH3 is 2. The molecule has 1 fully saturated rings. The van der Waals surface area contributed by atoms with E-state index in [0.717, 1.165) is 44.7 Å². The third-order valence-corrected chi connectivity index (χ3v) is 19.9. The first kappa shape index (κ1) is 52.8. The highest BCUT2D eigenvalue weighted by Gasteiger charge is 2.51. The Balaban J connectivity index is 1.09. The second-order valence-electron chi connectivity index (χ2n) is 19.2. The molecule has 2 N–H and O–H groups in total. The van der Waals surface area contributed by atoms with Crippen molar-refractivity contribution in [2.75, 3.05) is 27.4 Å². The first-order valence-electron chi connectivity index (χ1n) is 24.7. The summed E-state index contributed by atoms with van der Waals surface area (Å²) >= 11 is 0. The van der Waals surface area contributed by atoms with Gasteiger partial charge in [-0.2, -0.15) is 0 Å². The van der Waals surface area contributed by atoms with Crippen molar-refractivity contribution in [1.82, 2.24) is 10.6 Å². The van der Waals surface area contributed by atoms with Crippen LogP contribution in [0.25, 0.3) is 11.1 Å². The molecular weight excluding hydrogens is 917 g/mol. The predicted molar refractivity (Wildman–Crippen MR) is 274 cm³/mol. The van der Waals surface area contributed by atoms with Crippen molar-refractivity contribution in [3.05, 3.63) is 155 Å². The lowest BCUT2D eigenvalue weighted by atomic mass is 9.98. The summed E-state index contributed by atoms with van der Waals surface area (Å²) in [5, 5.41) is 5.79. The van der Waals surface area contributed by atoms with Crippen molar-refractivity contribution >= 4 is 26.3 Å². The second-order valence-corrected chi connectivity index (χ2v) is 24.7. The molecule has 1 saturated heterocycles. The number of benzene rings is 5. The molecule has 2 amide bonds. The summed E-state index contributed by atoms with van der Waals surface area (Å²) in [4.78, 5) is 41.6. The van der Waals surface area contributed by atoms with E-state index in [-0.39, 0.29) is 51.8 Å². The Hall–Kier alpha value is -6.03. The van der Waals surface area contributed by atoms with E-state index in [1.807, 2.05) is 115 Å². The summed E-state index contributed by atoms with van der Waals surface area (Å²) in [7, 11) is 0.859. The van der Waals surface area contributed by atoms with Gasteiger partial charge in [0.15, 0.2) is 14.5 Å². The molecule has 5 aromatic rings. The first-order valence-corrected chi connectivity index (χ1v) is 26.8. The van der Waals surface area contributed by atoms with Crippen molar-refractivity contribution in [2.45, 2.75) is 127 Å². The first-order chi connectivity index (χ1) is 34.3. The summed E-state index contributed by atoms with van der Waals surface area (Å²) in [6.07, 6.45) is -4.13. The van der Waals surface area contributed by atoms with Crippen LogP contribution in [0.1, 0.15) is 88.1 Å². The zero-order valence-electron chi connectivity index (χ0n) is 42.3. The number of carbonyl (C=O) groups excluding carboxylic acids is 3. The summed E-state index contributed by atoms with van der Waals surface area (Å²) in [5.41, 5.74) is 7.81. The minimum Gasteiger partial charge on any atom is -0.497 e. The smallest absolute Gasteiger partial charge is 0.407 e. The molecule has 13 nitrogen and oxygen atoms in total. The third-order valence-electron chi connectivity index (χ3n) is 13.8. The van der Waals surface area contributed by atoms with Gasteiger partial charge in [-0.15, -0.1) is 0 Å². The molecule has 1 heterocycles. The van der Waals surface area contributed by atoms with Gasteiger partial charge in [0.25, 0.3) is 0 Å². The summed E-state index contributed by atoms with van der Waals surface area (Å²) in [6, 6.07) is 39.4. The van der Waals surface area contributed by atoms with Crippen molar-refractivity contribution in [3.63, 3.8) is 0 Å². The molecule has 5 atom stereocenters. The number of carbonyl (C=O) groups is 3. The molecule has 5 aromatic carbocycles. The fourth-order valence-corrected chi connectivity index (χ4v) is 15.7. The number of fused-ring (bicyclic) bond motifs is 3. The maximum absolute atomic E-state index is 14.2. The fraction of sp³-hybridized carbons (Fsp3) is 0.421. The fourth-order valence-electron chi connectivity index (χ4n) is 10.3. The largest absolute Gasteiger partial charge is 0.497 e. The lowest BCUT2D eigenvalue weighted by Crippen LogP contribution is -2.50. The number of ether oxygens (including phenoxy) is 7. The minimum atomic E-state index is -2.38. The van der Waals surface area contributed by atoms with E-state index in [0.29, 0.717) is 22.4 Å². The highest BCUT2D eigenvalue weighted by atomic mass is 28.4. The lowest BCUT2D eigenvalue weighted by molar-refractivity contribution is -0.147. The molecule has 0 unspecified atom stereocenters. The molecule has 0 radical (unpaired) electrons. The maximum Gasteiger partial charge on any atom is 0.407 e. The molecular formula is C57H70N2O11Si. The molecule has 2 aliphatic rings. The van der Waals surface area contributed by atoms with Crippen molar-refractivity contribution < 1.29 is 52.0 Å². The van der Waals surface area contributed by atoms with E-state index in [4.69, 9.17) is 37.6 Å². The van der Waals surface area contributed by atoms with Crippen LogP contribution in [0.2, 0.25) is 16.6 Å². The van der Waals surface area contributed by atoms with Crippen LogP contribution in [0.15, 0.2) is 127 Å². The topological polar surface area (TPSA) is 149 Å². The zero-order valence-corrected chi connectivity index (χ0v) is 43.3. The van der Waals surface area contributed by atoms with Crippen LogP contribution in [0, 0.1) is 0 Å². The van der Waals surface area contributed by atoms with E-state index >= 15 is 0 Å². The van der Waals surface area contributed by atoms with Crippen LogP contribution in [0.3, 0.4) is 0 Å². The normalized spacial score (nSPS) is 18.0. The van der Waals surface area contributed by atoms with Crippen LogP contribution < -0.4 is 20.1 Å². The van der Waals surface area contributed by atoms with E-state index < -0.39 is 56.9 Å². The molecule has 0 spiro atoms. The Labute approximate surface area is 419 Å². The van der Waals surface area contributed by atoms with E-state index in [2.05, 4.69) is 64.3 Å². The number of esters is 1. The third kappa shape index (κ3) is 13.1. The van der Waals surface area contributed by atoms with Gasteiger partial charge in [-0.25, -0.2) is 9.59 Å².